The van der Waals surface area contributed by atoms with E-state index in [2.05, 4.69) is 15.2 Å². The number of carbonyl (C=O) groups excluding carboxylic acids is 2. The second-order valence-electron chi connectivity index (χ2n) is 7.63. The van der Waals surface area contributed by atoms with E-state index in [1.165, 1.54) is 12.8 Å². The summed E-state index contributed by atoms with van der Waals surface area (Å²) in [5.74, 6) is 0.414. The summed E-state index contributed by atoms with van der Waals surface area (Å²) in [4.78, 5) is 29.4. The normalized spacial score (nSPS) is 19.3. The lowest BCUT2D eigenvalue weighted by molar-refractivity contribution is -0.141. The highest BCUT2D eigenvalue weighted by molar-refractivity contribution is 5.81. The predicted molar refractivity (Wildman–Crippen MR) is 102 cm³/mol. The van der Waals surface area contributed by atoms with E-state index in [4.69, 9.17) is 0 Å². The van der Waals surface area contributed by atoms with Crippen LogP contribution in [0.1, 0.15) is 38.5 Å². The molecule has 0 aliphatic carbocycles. The number of hydrogen-bond acceptors (Lipinski definition) is 4. The average Bonchev–Trinajstić information content (AvgIpc) is 2.92. The second-order valence-corrected chi connectivity index (χ2v) is 7.63. The second kappa shape index (κ2) is 8.06. The molecule has 27 heavy (non-hydrogen) atoms. The van der Waals surface area contributed by atoms with Gasteiger partial charge in [-0.25, -0.2) is 4.68 Å². The first kappa shape index (κ1) is 17.9. The van der Waals surface area contributed by atoms with Gasteiger partial charge in [-0.15, -0.1) is 5.10 Å². The number of likely N-dealkylation sites (tertiary alicyclic amines) is 2. The molecule has 7 heteroatoms. The summed E-state index contributed by atoms with van der Waals surface area (Å²) < 4.78 is 1.66. The van der Waals surface area contributed by atoms with Crippen LogP contribution in [-0.4, -0.2) is 62.8 Å². The molecule has 0 unspecified atom stereocenters. The molecule has 2 aliphatic rings. The Bertz CT molecular complexity index is 802. The fourth-order valence-electron chi connectivity index (χ4n) is 4.19. The number of para-hydroxylation sites is 1. The molecule has 1 aromatic heterocycles. The zero-order valence-corrected chi connectivity index (χ0v) is 15.7. The third kappa shape index (κ3) is 3.96. The first-order valence-electron chi connectivity index (χ1n) is 10.1. The van der Waals surface area contributed by atoms with Gasteiger partial charge in [-0.3, -0.25) is 9.59 Å². The standard InChI is InChI=1S/C20H27N5O2/c26-19(15-25-18-8-4-3-7-17(18)21-22-25)23-13-9-16(10-14-23)20(27)24-11-5-1-2-6-12-24/h3-4,7-8,16H,1-2,5-6,9-15H2. The van der Waals surface area contributed by atoms with Crippen LogP contribution in [0.15, 0.2) is 24.3 Å². The van der Waals surface area contributed by atoms with Crippen LogP contribution >= 0.6 is 0 Å². The minimum atomic E-state index is 0.0475. The Labute approximate surface area is 159 Å². The zero-order chi connectivity index (χ0) is 18.6. The first-order valence-corrected chi connectivity index (χ1v) is 10.1. The van der Waals surface area contributed by atoms with Gasteiger partial charge in [0.2, 0.25) is 11.8 Å². The van der Waals surface area contributed by atoms with Crippen LogP contribution in [0.25, 0.3) is 11.0 Å². The summed E-state index contributed by atoms with van der Waals surface area (Å²) >= 11 is 0. The minimum absolute atomic E-state index is 0.0475. The molecule has 3 heterocycles. The summed E-state index contributed by atoms with van der Waals surface area (Å²) in [5, 5.41) is 8.21. The predicted octanol–water partition coefficient (Wildman–Crippen LogP) is 2.07. The van der Waals surface area contributed by atoms with E-state index < -0.39 is 0 Å². The Morgan fingerprint density at radius 3 is 2.37 bits per heavy atom. The van der Waals surface area contributed by atoms with Crippen molar-refractivity contribution in [1.82, 2.24) is 24.8 Å². The van der Waals surface area contributed by atoms with Crippen molar-refractivity contribution in [3.8, 4) is 0 Å². The average molecular weight is 369 g/mol. The molecule has 2 aromatic rings. The highest BCUT2D eigenvalue weighted by Gasteiger charge is 2.30. The molecular formula is C20H27N5O2. The quantitative estimate of drug-likeness (QED) is 0.830. The van der Waals surface area contributed by atoms with Crippen LogP contribution in [0.5, 0.6) is 0 Å². The molecule has 1 aromatic carbocycles. The fraction of sp³-hybridized carbons (Fsp3) is 0.600. The van der Waals surface area contributed by atoms with Gasteiger partial charge in [0.05, 0.1) is 5.52 Å². The number of piperidine rings is 1. The number of rotatable bonds is 3. The SMILES string of the molecule is O=C(Cn1nnc2ccccc21)N1CCC(C(=O)N2CCCCCC2)CC1. The number of aromatic nitrogens is 3. The lowest BCUT2D eigenvalue weighted by atomic mass is 9.95. The number of benzene rings is 1. The number of fused-ring (bicyclic) bond motifs is 1. The fourth-order valence-corrected chi connectivity index (χ4v) is 4.19. The molecule has 0 radical (unpaired) electrons. The van der Waals surface area contributed by atoms with E-state index in [0.717, 1.165) is 49.8 Å². The monoisotopic (exact) mass is 369 g/mol. The van der Waals surface area contributed by atoms with E-state index >= 15 is 0 Å². The first-order chi connectivity index (χ1) is 13.2. The van der Waals surface area contributed by atoms with E-state index in [0.29, 0.717) is 19.0 Å². The number of hydrogen-bond donors (Lipinski definition) is 0. The topological polar surface area (TPSA) is 71.3 Å². The van der Waals surface area contributed by atoms with Crippen LogP contribution < -0.4 is 0 Å². The van der Waals surface area contributed by atoms with Gasteiger partial charge >= 0.3 is 0 Å². The molecule has 144 valence electrons. The summed E-state index contributed by atoms with van der Waals surface area (Å²) in [5.41, 5.74) is 1.67. The van der Waals surface area contributed by atoms with E-state index in [-0.39, 0.29) is 18.4 Å². The largest absolute Gasteiger partial charge is 0.342 e. The van der Waals surface area contributed by atoms with Crippen molar-refractivity contribution in [2.75, 3.05) is 26.2 Å². The molecule has 2 amide bonds. The molecule has 0 saturated carbocycles. The van der Waals surface area contributed by atoms with Gasteiger partial charge in [0.1, 0.15) is 12.1 Å². The molecule has 0 N–H and O–H groups in total. The third-order valence-electron chi connectivity index (χ3n) is 5.82. The zero-order valence-electron chi connectivity index (χ0n) is 15.7. The highest BCUT2D eigenvalue weighted by Crippen LogP contribution is 2.22. The van der Waals surface area contributed by atoms with Crippen LogP contribution in [0, 0.1) is 5.92 Å². The van der Waals surface area contributed by atoms with Gasteiger partial charge in [0, 0.05) is 32.1 Å². The molecule has 7 nitrogen and oxygen atoms in total. The summed E-state index contributed by atoms with van der Waals surface area (Å²) in [6, 6.07) is 7.65. The molecular weight excluding hydrogens is 342 g/mol. The van der Waals surface area contributed by atoms with Crippen molar-refractivity contribution in [3.05, 3.63) is 24.3 Å². The highest BCUT2D eigenvalue weighted by atomic mass is 16.2. The van der Waals surface area contributed by atoms with Crippen molar-refractivity contribution < 1.29 is 9.59 Å². The minimum Gasteiger partial charge on any atom is -0.342 e. The molecule has 2 fully saturated rings. The van der Waals surface area contributed by atoms with Crippen molar-refractivity contribution in [2.24, 2.45) is 5.92 Å². The van der Waals surface area contributed by atoms with Gasteiger partial charge in [0.15, 0.2) is 0 Å². The van der Waals surface area contributed by atoms with Crippen LogP contribution in [-0.2, 0) is 16.1 Å². The molecule has 4 rings (SSSR count). The molecule has 2 aliphatic heterocycles. The van der Waals surface area contributed by atoms with Gasteiger partial charge in [-0.1, -0.05) is 30.2 Å². The van der Waals surface area contributed by atoms with Crippen molar-refractivity contribution in [2.45, 2.75) is 45.1 Å². The Kier molecular flexibility index (Phi) is 5.36. The third-order valence-corrected chi connectivity index (χ3v) is 5.82. The lowest BCUT2D eigenvalue weighted by Gasteiger charge is -2.34. The van der Waals surface area contributed by atoms with Crippen molar-refractivity contribution >= 4 is 22.8 Å². The Balaban J connectivity index is 1.32. The van der Waals surface area contributed by atoms with Crippen LogP contribution in [0.3, 0.4) is 0 Å². The number of carbonyl (C=O) groups is 2. The van der Waals surface area contributed by atoms with Gasteiger partial charge < -0.3 is 9.80 Å². The Hall–Kier alpha value is -2.44. The van der Waals surface area contributed by atoms with Crippen LogP contribution in [0.2, 0.25) is 0 Å². The van der Waals surface area contributed by atoms with Crippen molar-refractivity contribution in [3.63, 3.8) is 0 Å². The van der Waals surface area contributed by atoms with Gasteiger partial charge in [0.25, 0.3) is 0 Å². The molecule has 0 atom stereocenters. The Morgan fingerprint density at radius 2 is 1.63 bits per heavy atom. The summed E-state index contributed by atoms with van der Waals surface area (Å²) in [6.07, 6.45) is 6.23. The van der Waals surface area contributed by atoms with E-state index in [1.807, 2.05) is 29.2 Å². The van der Waals surface area contributed by atoms with E-state index in [1.54, 1.807) is 4.68 Å². The van der Waals surface area contributed by atoms with Gasteiger partial charge in [-0.05, 0) is 37.8 Å². The summed E-state index contributed by atoms with van der Waals surface area (Å²) in [6.45, 7) is 3.30. The molecule has 2 saturated heterocycles. The maximum Gasteiger partial charge on any atom is 0.244 e. The Morgan fingerprint density at radius 1 is 0.926 bits per heavy atom. The molecule has 0 bridgehead atoms. The van der Waals surface area contributed by atoms with Gasteiger partial charge in [-0.2, -0.15) is 0 Å². The van der Waals surface area contributed by atoms with Crippen molar-refractivity contribution in [1.29, 1.82) is 0 Å². The molecule has 0 spiro atoms. The summed E-state index contributed by atoms with van der Waals surface area (Å²) in [7, 11) is 0. The smallest absolute Gasteiger partial charge is 0.244 e. The van der Waals surface area contributed by atoms with E-state index in [9.17, 15) is 9.59 Å². The maximum absolute atomic E-state index is 12.8. The maximum atomic E-state index is 12.8. The lowest BCUT2D eigenvalue weighted by Crippen LogP contribution is -2.45. The number of amides is 2. The number of nitrogens with zero attached hydrogens (tertiary/aromatic N) is 5. The van der Waals surface area contributed by atoms with Crippen LogP contribution in [0.4, 0.5) is 0 Å².